The molecule has 0 aliphatic carbocycles. The van der Waals surface area contributed by atoms with Crippen molar-refractivity contribution in [1.29, 1.82) is 0 Å². The lowest BCUT2D eigenvalue weighted by Gasteiger charge is -2.33. The summed E-state index contributed by atoms with van der Waals surface area (Å²) in [4.78, 5) is 14.9. The second-order valence-corrected chi connectivity index (χ2v) is 6.43. The molecule has 1 heterocycles. The number of benzene rings is 1. The summed E-state index contributed by atoms with van der Waals surface area (Å²) in [7, 11) is 0. The number of hydrogen-bond acceptors (Lipinski definition) is 3. The second-order valence-electron chi connectivity index (χ2n) is 5.03. The number of thiol groups is 1. The maximum absolute atomic E-state index is 12.4. The minimum absolute atomic E-state index is 0.0292. The second kappa shape index (κ2) is 6.29. The monoisotopic (exact) mass is 343 g/mol. The molecule has 0 saturated carbocycles. The highest BCUT2D eigenvalue weighted by atomic mass is 79.9. The molecule has 104 valence electrons. The molecule has 1 fully saturated rings. The Balaban J connectivity index is 2.05. The third-order valence-electron chi connectivity index (χ3n) is 3.70. The van der Waals surface area contributed by atoms with Crippen LogP contribution in [0.25, 0.3) is 0 Å². The lowest BCUT2D eigenvalue weighted by molar-refractivity contribution is 0.0519. The third-order valence-corrected chi connectivity index (χ3v) is 4.56. The van der Waals surface area contributed by atoms with Gasteiger partial charge >= 0.3 is 0 Å². The van der Waals surface area contributed by atoms with E-state index in [-0.39, 0.29) is 12.0 Å². The number of aliphatic hydroxyl groups excluding tert-OH is 1. The van der Waals surface area contributed by atoms with Gasteiger partial charge in [-0.2, -0.15) is 0 Å². The van der Waals surface area contributed by atoms with Gasteiger partial charge in [-0.3, -0.25) is 4.79 Å². The predicted molar refractivity (Wildman–Crippen MR) is 81.7 cm³/mol. The number of nitrogens with zero attached hydrogens (tertiary/aromatic N) is 1. The predicted octanol–water partition coefficient (Wildman–Crippen LogP) is 2.97. The van der Waals surface area contributed by atoms with Gasteiger partial charge in [0.15, 0.2) is 0 Å². The van der Waals surface area contributed by atoms with Crippen molar-refractivity contribution in [2.45, 2.75) is 30.8 Å². The maximum atomic E-state index is 12.4. The van der Waals surface area contributed by atoms with Crippen LogP contribution in [-0.2, 0) is 0 Å². The van der Waals surface area contributed by atoms with Crippen LogP contribution < -0.4 is 0 Å². The highest BCUT2D eigenvalue weighted by Crippen LogP contribution is 2.25. The molecular formula is C14H18BrNO2S. The van der Waals surface area contributed by atoms with E-state index in [1.807, 2.05) is 24.0 Å². The van der Waals surface area contributed by atoms with Gasteiger partial charge in [0.05, 0.1) is 11.7 Å². The van der Waals surface area contributed by atoms with Crippen LogP contribution in [0.3, 0.4) is 0 Å². The Bertz CT molecular complexity index is 471. The normalized spacial score (nSPS) is 18.4. The van der Waals surface area contributed by atoms with Crippen molar-refractivity contribution in [2.75, 3.05) is 13.1 Å². The van der Waals surface area contributed by atoms with Crippen LogP contribution in [0.5, 0.6) is 0 Å². The lowest BCUT2D eigenvalue weighted by Crippen LogP contribution is -2.40. The van der Waals surface area contributed by atoms with Gasteiger partial charge < -0.3 is 10.0 Å². The minimum atomic E-state index is -0.287. The molecule has 1 N–H and O–H groups in total. The van der Waals surface area contributed by atoms with Gasteiger partial charge in [-0.1, -0.05) is 15.9 Å². The summed E-state index contributed by atoms with van der Waals surface area (Å²) in [6, 6.07) is 5.49. The average molecular weight is 344 g/mol. The molecule has 1 aliphatic heterocycles. The number of likely N-dealkylation sites (tertiary alicyclic amines) is 1. The Hall–Kier alpha value is -0.520. The van der Waals surface area contributed by atoms with Crippen LogP contribution >= 0.6 is 28.6 Å². The molecule has 1 aromatic rings. The fraction of sp³-hybridized carbons (Fsp3) is 0.500. The molecule has 1 atom stereocenters. The number of hydrogen-bond donors (Lipinski definition) is 2. The largest absolute Gasteiger partial charge is 0.393 e. The topological polar surface area (TPSA) is 40.5 Å². The highest BCUT2D eigenvalue weighted by Gasteiger charge is 2.26. The molecular weight excluding hydrogens is 326 g/mol. The SMILES string of the molecule is CC(O)C1CCN(C(=O)c2ccc(Br)cc2S)CC1. The molecule has 1 aliphatic rings. The van der Waals surface area contributed by atoms with Crippen LogP contribution in [0.2, 0.25) is 0 Å². The molecule has 0 radical (unpaired) electrons. The molecule has 2 rings (SSSR count). The fourth-order valence-electron chi connectivity index (χ4n) is 2.44. The van der Waals surface area contributed by atoms with Gasteiger partial charge in [0.2, 0.25) is 0 Å². The van der Waals surface area contributed by atoms with Gasteiger partial charge in [0.1, 0.15) is 0 Å². The summed E-state index contributed by atoms with van der Waals surface area (Å²) in [6.07, 6.45) is 1.44. The van der Waals surface area contributed by atoms with Crippen LogP contribution in [0.1, 0.15) is 30.1 Å². The molecule has 0 spiro atoms. The van der Waals surface area contributed by atoms with Crippen LogP contribution in [-0.4, -0.2) is 35.1 Å². The molecule has 1 unspecified atom stereocenters. The van der Waals surface area contributed by atoms with E-state index in [0.29, 0.717) is 29.5 Å². The molecule has 0 bridgehead atoms. The van der Waals surface area contributed by atoms with Crippen molar-refractivity contribution < 1.29 is 9.90 Å². The molecule has 19 heavy (non-hydrogen) atoms. The first-order valence-electron chi connectivity index (χ1n) is 6.45. The van der Waals surface area contributed by atoms with Gasteiger partial charge in [-0.15, -0.1) is 12.6 Å². The van der Waals surface area contributed by atoms with Crippen molar-refractivity contribution in [3.63, 3.8) is 0 Å². The Morgan fingerprint density at radius 1 is 1.47 bits per heavy atom. The Labute approximate surface area is 127 Å². The number of halogens is 1. The summed E-state index contributed by atoms with van der Waals surface area (Å²) in [6.45, 7) is 3.23. The Kier molecular flexibility index (Phi) is 4.92. The van der Waals surface area contributed by atoms with E-state index in [9.17, 15) is 9.90 Å². The van der Waals surface area contributed by atoms with Crippen molar-refractivity contribution in [1.82, 2.24) is 4.90 Å². The number of carbonyl (C=O) groups excluding carboxylic acids is 1. The van der Waals surface area contributed by atoms with E-state index in [2.05, 4.69) is 28.6 Å². The van der Waals surface area contributed by atoms with E-state index in [1.54, 1.807) is 6.07 Å². The van der Waals surface area contributed by atoms with E-state index in [0.717, 1.165) is 17.3 Å². The lowest BCUT2D eigenvalue weighted by atomic mass is 9.92. The molecule has 1 saturated heterocycles. The van der Waals surface area contributed by atoms with E-state index >= 15 is 0 Å². The first kappa shape index (κ1) is 14.9. The van der Waals surface area contributed by atoms with Gasteiger partial charge in [0.25, 0.3) is 5.91 Å². The van der Waals surface area contributed by atoms with Crippen molar-refractivity contribution in [3.8, 4) is 0 Å². The van der Waals surface area contributed by atoms with E-state index < -0.39 is 0 Å². The van der Waals surface area contributed by atoms with Crippen molar-refractivity contribution in [2.24, 2.45) is 5.92 Å². The third kappa shape index (κ3) is 3.52. The molecule has 1 amide bonds. The zero-order chi connectivity index (χ0) is 14.0. The first-order chi connectivity index (χ1) is 8.99. The minimum Gasteiger partial charge on any atom is -0.393 e. The van der Waals surface area contributed by atoms with E-state index in [1.165, 1.54) is 0 Å². The van der Waals surface area contributed by atoms with Gasteiger partial charge in [-0.05, 0) is 43.9 Å². The number of rotatable bonds is 2. The van der Waals surface area contributed by atoms with Gasteiger partial charge in [-0.25, -0.2) is 0 Å². The smallest absolute Gasteiger partial charge is 0.254 e. The zero-order valence-corrected chi connectivity index (χ0v) is 13.3. The summed E-state index contributed by atoms with van der Waals surface area (Å²) in [5.74, 6) is 0.339. The van der Waals surface area contributed by atoms with Crippen LogP contribution in [0, 0.1) is 5.92 Å². The molecule has 5 heteroatoms. The molecule has 0 aromatic heterocycles. The van der Waals surface area contributed by atoms with E-state index in [4.69, 9.17) is 0 Å². The maximum Gasteiger partial charge on any atom is 0.254 e. The number of amides is 1. The summed E-state index contributed by atoms with van der Waals surface area (Å²) in [5, 5.41) is 9.57. The number of carbonyl (C=O) groups is 1. The van der Waals surface area contributed by atoms with Crippen LogP contribution in [0.15, 0.2) is 27.6 Å². The van der Waals surface area contributed by atoms with Gasteiger partial charge in [0, 0.05) is 22.5 Å². The first-order valence-corrected chi connectivity index (χ1v) is 7.69. The molecule has 3 nitrogen and oxygen atoms in total. The average Bonchev–Trinajstić information content (AvgIpc) is 2.38. The summed E-state index contributed by atoms with van der Waals surface area (Å²) < 4.78 is 0.918. The Morgan fingerprint density at radius 3 is 2.63 bits per heavy atom. The highest BCUT2D eigenvalue weighted by molar-refractivity contribution is 9.10. The quantitative estimate of drug-likeness (QED) is 0.810. The summed E-state index contributed by atoms with van der Waals surface area (Å²) >= 11 is 7.72. The van der Waals surface area contributed by atoms with Crippen molar-refractivity contribution in [3.05, 3.63) is 28.2 Å². The Morgan fingerprint density at radius 2 is 2.11 bits per heavy atom. The number of piperidine rings is 1. The molecule has 1 aromatic carbocycles. The van der Waals surface area contributed by atoms with Crippen LogP contribution in [0.4, 0.5) is 0 Å². The van der Waals surface area contributed by atoms with Crippen molar-refractivity contribution >= 4 is 34.5 Å². The fourth-order valence-corrected chi connectivity index (χ4v) is 3.29. The summed E-state index contributed by atoms with van der Waals surface area (Å²) in [5.41, 5.74) is 0.641. The zero-order valence-electron chi connectivity index (χ0n) is 10.8. The standard InChI is InChI=1S/C14H18BrNO2S/c1-9(17)10-4-6-16(7-5-10)14(18)12-3-2-11(15)8-13(12)19/h2-3,8-10,17,19H,4-7H2,1H3. The number of aliphatic hydroxyl groups is 1.